The maximum Gasteiger partial charge on any atom is 0.292 e. The molecule has 5 nitrogen and oxygen atoms in total. The predicted molar refractivity (Wildman–Crippen MR) is 54.0 cm³/mol. The lowest BCUT2D eigenvalue weighted by atomic mass is 10.2. The van der Waals surface area contributed by atoms with Crippen LogP contribution in [0.1, 0.15) is 0 Å². The van der Waals surface area contributed by atoms with Gasteiger partial charge < -0.3 is 9.64 Å². The maximum absolute atomic E-state index is 10.7. The number of anilines is 1. The smallest absolute Gasteiger partial charge is 0.292 e. The average Bonchev–Trinajstić information content (AvgIpc) is 2.16. The van der Waals surface area contributed by atoms with E-state index >= 15 is 0 Å². The molecule has 0 heterocycles. The maximum atomic E-state index is 10.7. The number of nitrogens with zero attached hydrogens (tertiary/aromatic N) is 2. The zero-order valence-corrected chi connectivity index (χ0v) is 8.35. The average molecular weight is 196 g/mol. The van der Waals surface area contributed by atoms with Crippen LogP contribution in [0.25, 0.3) is 0 Å². The molecule has 76 valence electrons. The Morgan fingerprint density at radius 2 is 2.07 bits per heavy atom. The summed E-state index contributed by atoms with van der Waals surface area (Å²) < 4.78 is 4.99. The fourth-order valence-corrected chi connectivity index (χ4v) is 1.14. The molecule has 1 aromatic carbocycles. The van der Waals surface area contributed by atoms with Crippen LogP contribution >= 0.6 is 0 Å². The largest absolute Gasteiger partial charge is 0.497 e. The zero-order valence-electron chi connectivity index (χ0n) is 8.35. The van der Waals surface area contributed by atoms with Crippen molar-refractivity contribution in [2.45, 2.75) is 0 Å². The SMILES string of the molecule is COc1ccc([N+](=O)[O-])c(N(C)C)c1. The molecule has 0 radical (unpaired) electrons. The van der Waals surface area contributed by atoms with Crippen molar-refractivity contribution in [1.82, 2.24) is 0 Å². The number of nitro groups is 1. The van der Waals surface area contributed by atoms with Gasteiger partial charge in [-0.2, -0.15) is 0 Å². The lowest BCUT2D eigenvalue weighted by molar-refractivity contribution is -0.384. The van der Waals surface area contributed by atoms with E-state index in [1.165, 1.54) is 13.2 Å². The second kappa shape index (κ2) is 3.95. The van der Waals surface area contributed by atoms with E-state index in [9.17, 15) is 10.1 Å². The molecule has 0 aliphatic rings. The molecular weight excluding hydrogens is 184 g/mol. The predicted octanol–water partition coefficient (Wildman–Crippen LogP) is 1.67. The van der Waals surface area contributed by atoms with Gasteiger partial charge in [0, 0.05) is 26.2 Å². The van der Waals surface area contributed by atoms with Crippen LogP contribution < -0.4 is 9.64 Å². The first kappa shape index (κ1) is 10.3. The second-order valence-electron chi connectivity index (χ2n) is 3.01. The Hall–Kier alpha value is -1.78. The summed E-state index contributed by atoms with van der Waals surface area (Å²) in [6.07, 6.45) is 0. The molecule has 0 aliphatic carbocycles. The number of benzene rings is 1. The first-order valence-electron chi connectivity index (χ1n) is 4.06. The van der Waals surface area contributed by atoms with Gasteiger partial charge in [-0.15, -0.1) is 0 Å². The van der Waals surface area contributed by atoms with Crippen LogP contribution in [0.3, 0.4) is 0 Å². The van der Waals surface area contributed by atoms with Gasteiger partial charge in [0.25, 0.3) is 5.69 Å². The van der Waals surface area contributed by atoms with Crippen LogP contribution in [0.2, 0.25) is 0 Å². The molecular formula is C9H12N2O3. The summed E-state index contributed by atoms with van der Waals surface area (Å²) in [5.41, 5.74) is 0.616. The number of methoxy groups -OCH3 is 1. The Labute approximate surface area is 82.1 Å². The first-order chi connectivity index (χ1) is 6.56. The molecule has 1 rings (SSSR count). The fraction of sp³-hybridized carbons (Fsp3) is 0.333. The summed E-state index contributed by atoms with van der Waals surface area (Å²) in [4.78, 5) is 11.9. The van der Waals surface area contributed by atoms with Crippen molar-refractivity contribution in [3.05, 3.63) is 28.3 Å². The highest BCUT2D eigenvalue weighted by molar-refractivity contribution is 5.65. The van der Waals surface area contributed by atoms with Gasteiger partial charge in [-0.25, -0.2) is 0 Å². The van der Waals surface area contributed by atoms with Crippen LogP contribution in [0.5, 0.6) is 5.75 Å². The van der Waals surface area contributed by atoms with E-state index in [4.69, 9.17) is 4.74 Å². The monoisotopic (exact) mass is 196 g/mol. The molecule has 14 heavy (non-hydrogen) atoms. The van der Waals surface area contributed by atoms with E-state index in [2.05, 4.69) is 0 Å². The van der Waals surface area contributed by atoms with Crippen molar-refractivity contribution in [2.24, 2.45) is 0 Å². The Morgan fingerprint density at radius 1 is 1.43 bits per heavy atom. The summed E-state index contributed by atoms with van der Waals surface area (Å²) in [5, 5.41) is 10.7. The van der Waals surface area contributed by atoms with Gasteiger partial charge >= 0.3 is 0 Å². The third-order valence-corrected chi connectivity index (χ3v) is 1.86. The molecule has 0 bridgehead atoms. The highest BCUT2D eigenvalue weighted by Crippen LogP contribution is 2.30. The van der Waals surface area contributed by atoms with Gasteiger partial charge in [0.05, 0.1) is 12.0 Å². The van der Waals surface area contributed by atoms with E-state index in [1.54, 1.807) is 31.1 Å². The van der Waals surface area contributed by atoms with Crippen LogP contribution in [0.15, 0.2) is 18.2 Å². The Balaban J connectivity index is 3.24. The first-order valence-corrected chi connectivity index (χ1v) is 4.06. The van der Waals surface area contributed by atoms with E-state index < -0.39 is 4.92 Å². The minimum absolute atomic E-state index is 0.0794. The molecule has 1 aromatic rings. The molecule has 0 saturated heterocycles. The summed E-state index contributed by atoms with van der Waals surface area (Å²) in [7, 11) is 5.03. The van der Waals surface area contributed by atoms with Gasteiger partial charge in [-0.1, -0.05) is 0 Å². The number of ether oxygens (including phenoxy) is 1. The van der Waals surface area contributed by atoms with E-state index in [1.807, 2.05) is 0 Å². The lowest BCUT2D eigenvalue weighted by Crippen LogP contribution is -2.11. The number of hydrogen-bond donors (Lipinski definition) is 0. The van der Waals surface area contributed by atoms with Gasteiger partial charge in [-0.3, -0.25) is 10.1 Å². The quantitative estimate of drug-likeness (QED) is 0.545. The third-order valence-electron chi connectivity index (χ3n) is 1.86. The molecule has 0 fully saturated rings. The van der Waals surface area contributed by atoms with Gasteiger partial charge in [0.2, 0.25) is 0 Å². The zero-order chi connectivity index (χ0) is 10.7. The molecule has 0 aromatic heterocycles. The summed E-state index contributed by atoms with van der Waals surface area (Å²) in [6.45, 7) is 0. The summed E-state index contributed by atoms with van der Waals surface area (Å²) >= 11 is 0. The normalized spacial score (nSPS) is 9.64. The molecule has 0 N–H and O–H groups in total. The summed E-state index contributed by atoms with van der Waals surface area (Å²) in [6, 6.07) is 4.65. The Bertz CT molecular complexity index is 350. The van der Waals surface area contributed by atoms with Crippen LogP contribution in [0.4, 0.5) is 11.4 Å². The lowest BCUT2D eigenvalue weighted by Gasteiger charge is -2.13. The minimum Gasteiger partial charge on any atom is -0.497 e. The minimum atomic E-state index is -0.408. The van der Waals surface area contributed by atoms with Gasteiger partial charge in [0.15, 0.2) is 0 Å². The molecule has 5 heteroatoms. The molecule has 0 saturated carbocycles. The van der Waals surface area contributed by atoms with Crippen molar-refractivity contribution in [3.63, 3.8) is 0 Å². The fourth-order valence-electron chi connectivity index (χ4n) is 1.14. The third kappa shape index (κ3) is 1.93. The highest BCUT2D eigenvalue weighted by Gasteiger charge is 2.15. The van der Waals surface area contributed by atoms with E-state index in [0.717, 1.165) is 0 Å². The molecule has 0 spiro atoms. The number of hydrogen-bond acceptors (Lipinski definition) is 4. The highest BCUT2D eigenvalue weighted by atomic mass is 16.6. The van der Waals surface area contributed by atoms with Gasteiger partial charge in [-0.05, 0) is 6.07 Å². The topological polar surface area (TPSA) is 55.6 Å². The number of nitro benzene ring substituents is 1. The standard InChI is InChI=1S/C9H12N2O3/c1-10(2)9-6-7(14-3)4-5-8(9)11(12)13/h4-6H,1-3H3. The molecule has 0 amide bonds. The van der Waals surface area contributed by atoms with Crippen molar-refractivity contribution < 1.29 is 9.66 Å². The van der Waals surface area contributed by atoms with Crippen LogP contribution in [-0.2, 0) is 0 Å². The van der Waals surface area contributed by atoms with Crippen LogP contribution in [0, 0.1) is 10.1 Å². The molecule has 0 unspecified atom stereocenters. The van der Waals surface area contributed by atoms with Crippen LogP contribution in [-0.4, -0.2) is 26.1 Å². The molecule has 0 aliphatic heterocycles. The van der Waals surface area contributed by atoms with Crippen molar-refractivity contribution in [1.29, 1.82) is 0 Å². The van der Waals surface area contributed by atoms with E-state index in [0.29, 0.717) is 11.4 Å². The van der Waals surface area contributed by atoms with E-state index in [-0.39, 0.29) is 5.69 Å². The Morgan fingerprint density at radius 3 is 2.50 bits per heavy atom. The molecule has 0 atom stereocenters. The summed E-state index contributed by atoms with van der Waals surface area (Å²) in [5.74, 6) is 0.610. The van der Waals surface area contributed by atoms with Crippen molar-refractivity contribution in [3.8, 4) is 5.75 Å². The second-order valence-corrected chi connectivity index (χ2v) is 3.01. The van der Waals surface area contributed by atoms with Crippen molar-refractivity contribution in [2.75, 3.05) is 26.1 Å². The van der Waals surface area contributed by atoms with Gasteiger partial charge in [0.1, 0.15) is 11.4 Å². The number of rotatable bonds is 3. The van der Waals surface area contributed by atoms with Crippen molar-refractivity contribution >= 4 is 11.4 Å². The Kier molecular flexibility index (Phi) is 2.91.